The number of ether oxygens (including phenoxy) is 3. The first-order chi connectivity index (χ1) is 18.7. The molecule has 2 unspecified atom stereocenters. The molecule has 0 spiro atoms. The minimum atomic E-state index is -3.93. The second kappa shape index (κ2) is 13.3. The minimum Gasteiger partial charge on any atom is -0.462 e. The molecule has 1 heterocycles. The zero-order chi connectivity index (χ0) is 28.0. The van der Waals surface area contributed by atoms with E-state index in [0.29, 0.717) is 24.8 Å². The normalized spacial score (nSPS) is 22.7. The zero-order valence-corrected chi connectivity index (χ0v) is 23.3. The van der Waals surface area contributed by atoms with E-state index in [2.05, 4.69) is 0 Å². The van der Waals surface area contributed by atoms with E-state index in [1.54, 1.807) is 12.1 Å². The summed E-state index contributed by atoms with van der Waals surface area (Å²) in [5, 5.41) is 20.7. The highest BCUT2D eigenvalue weighted by molar-refractivity contribution is 7.89. The molecule has 0 amide bonds. The highest BCUT2D eigenvalue weighted by atomic mass is 32.2. The Bertz CT molecular complexity index is 1160. The number of sulfonamides is 1. The SMILES string of the molecule is CC(C)CN(C[C@@H](O)[C@@H](CC(=O)OC1CC2OCO[C@@H]2C1)Cc1ccccc1)S(=O)(=O)c1ccc(CO)cc1. The van der Waals surface area contributed by atoms with Gasteiger partial charge in [-0.15, -0.1) is 0 Å². The van der Waals surface area contributed by atoms with Gasteiger partial charge >= 0.3 is 5.97 Å². The van der Waals surface area contributed by atoms with Gasteiger partial charge in [-0.05, 0) is 35.6 Å². The Labute approximate surface area is 230 Å². The molecule has 1 saturated heterocycles. The second-order valence-corrected chi connectivity index (χ2v) is 12.8. The number of carbonyl (C=O) groups is 1. The summed E-state index contributed by atoms with van der Waals surface area (Å²) >= 11 is 0. The summed E-state index contributed by atoms with van der Waals surface area (Å²) in [6.45, 7) is 3.94. The molecular weight excluding hydrogens is 522 g/mol. The predicted molar refractivity (Wildman–Crippen MR) is 144 cm³/mol. The molecule has 2 N–H and O–H groups in total. The van der Waals surface area contributed by atoms with Crippen LogP contribution in [0.15, 0.2) is 59.5 Å². The Kier molecular flexibility index (Phi) is 10.1. The van der Waals surface area contributed by atoms with Crippen molar-refractivity contribution in [3.05, 3.63) is 65.7 Å². The van der Waals surface area contributed by atoms with Crippen molar-refractivity contribution in [2.24, 2.45) is 11.8 Å². The molecule has 214 valence electrons. The smallest absolute Gasteiger partial charge is 0.306 e. The Morgan fingerprint density at radius 1 is 1.00 bits per heavy atom. The van der Waals surface area contributed by atoms with Crippen LogP contribution in [0.2, 0.25) is 0 Å². The Balaban J connectivity index is 1.49. The number of carbonyl (C=O) groups excluding carboxylic acids is 1. The van der Waals surface area contributed by atoms with Crippen LogP contribution in [0, 0.1) is 11.8 Å². The van der Waals surface area contributed by atoms with Gasteiger partial charge in [-0.3, -0.25) is 4.79 Å². The van der Waals surface area contributed by atoms with E-state index >= 15 is 0 Å². The lowest BCUT2D eigenvalue weighted by atomic mass is 9.90. The number of benzene rings is 2. The van der Waals surface area contributed by atoms with E-state index in [0.717, 1.165) is 5.56 Å². The van der Waals surface area contributed by atoms with Gasteiger partial charge in [-0.25, -0.2) is 8.42 Å². The Hall–Kier alpha value is -2.34. The van der Waals surface area contributed by atoms with Crippen LogP contribution in [-0.4, -0.2) is 73.2 Å². The largest absolute Gasteiger partial charge is 0.462 e. The highest BCUT2D eigenvalue weighted by Gasteiger charge is 2.42. The zero-order valence-electron chi connectivity index (χ0n) is 22.5. The van der Waals surface area contributed by atoms with Crippen LogP contribution in [0.1, 0.15) is 44.2 Å². The number of aliphatic hydroxyl groups is 2. The van der Waals surface area contributed by atoms with Crippen LogP contribution >= 0.6 is 0 Å². The van der Waals surface area contributed by atoms with E-state index in [-0.39, 0.29) is 62.0 Å². The van der Waals surface area contributed by atoms with E-state index in [4.69, 9.17) is 14.2 Å². The molecule has 2 aromatic rings. The molecule has 2 aliphatic rings. The molecule has 9 nitrogen and oxygen atoms in total. The molecule has 5 atom stereocenters. The number of aliphatic hydroxyl groups excluding tert-OH is 2. The first-order valence-electron chi connectivity index (χ1n) is 13.5. The number of hydrogen-bond donors (Lipinski definition) is 2. The molecule has 10 heteroatoms. The van der Waals surface area contributed by atoms with Crippen LogP contribution in [0.25, 0.3) is 0 Å². The molecule has 39 heavy (non-hydrogen) atoms. The van der Waals surface area contributed by atoms with Crippen molar-refractivity contribution in [1.82, 2.24) is 4.31 Å². The third-order valence-electron chi connectivity index (χ3n) is 7.28. The van der Waals surface area contributed by atoms with Gasteiger partial charge in [-0.1, -0.05) is 56.3 Å². The van der Waals surface area contributed by atoms with Crippen molar-refractivity contribution >= 4 is 16.0 Å². The fraction of sp³-hybridized carbons (Fsp3) is 0.552. The number of rotatable bonds is 13. The average molecular weight is 562 g/mol. The van der Waals surface area contributed by atoms with Crippen molar-refractivity contribution in [3.63, 3.8) is 0 Å². The van der Waals surface area contributed by atoms with Crippen molar-refractivity contribution in [3.8, 4) is 0 Å². The summed E-state index contributed by atoms with van der Waals surface area (Å²) in [6, 6.07) is 15.6. The lowest BCUT2D eigenvalue weighted by Gasteiger charge is -2.30. The number of esters is 1. The van der Waals surface area contributed by atoms with E-state index < -0.39 is 28.0 Å². The van der Waals surface area contributed by atoms with Gasteiger partial charge in [0, 0.05) is 31.8 Å². The minimum absolute atomic E-state index is 0.00693. The fourth-order valence-electron chi connectivity index (χ4n) is 5.24. The maximum atomic E-state index is 13.6. The lowest BCUT2D eigenvalue weighted by molar-refractivity contribution is -0.152. The van der Waals surface area contributed by atoms with Gasteiger partial charge in [-0.2, -0.15) is 4.31 Å². The van der Waals surface area contributed by atoms with Crippen molar-refractivity contribution in [2.75, 3.05) is 19.9 Å². The third-order valence-corrected chi connectivity index (χ3v) is 9.13. The summed E-state index contributed by atoms with van der Waals surface area (Å²) in [5.41, 5.74) is 1.54. The molecule has 2 aromatic carbocycles. The van der Waals surface area contributed by atoms with Crippen LogP contribution in [0.4, 0.5) is 0 Å². The van der Waals surface area contributed by atoms with E-state index in [1.807, 2.05) is 44.2 Å². The number of fused-ring (bicyclic) bond motifs is 1. The van der Waals surface area contributed by atoms with E-state index in [9.17, 15) is 23.4 Å². The average Bonchev–Trinajstić information content (AvgIpc) is 3.50. The molecule has 1 aliphatic carbocycles. The van der Waals surface area contributed by atoms with Gasteiger partial charge in [0.25, 0.3) is 0 Å². The first-order valence-corrected chi connectivity index (χ1v) is 14.9. The Morgan fingerprint density at radius 3 is 2.23 bits per heavy atom. The van der Waals surface area contributed by atoms with Crippen molar-refractivity contribution < 1.29 is 37.6 Å². The van der Waals surface area contributed by atoms with Gasteiger partial charge in [0.1, 0.15) is 12.9 Å². The summed E-state index contributed by atoms with van der Waals surface area (Å²) in [4.78, 5) is 13.1. The Morgan fingerprint density at radius 2 is 1.64 bits per heavy atom. The quantitative estimate of drug-likeness (QED) is 0.358. The summed E-state index contributed by atoms with van der Waals surface area (Å²) in [7, 11) is -3.93. The van der Waals surface area contributed by atoms with Crippen molar-refractivity contribution in [1.29, 1.82) is 0 Å². The van der Waals surface area contributed by atoms with Crippen LogP contribution in [0.3, 0.4) is 0 Å². The molecule has 2 fully saturated rings. The van der Waals surface area contributed by atoms with Gasteiger partial charge in [0.05, 0.1) is 36.2 Å². The molecular formula is C29H39NO8S. The van der Waals surface area contributed by atoms with Gasteiger partial charge < -0.3 is 24.4 Å². The number of nitrogens with zero attached hydrogens (tertiary/aromatic N) is 1. The summed E-state index contributed by atoms with van der Waals surface area (Å²) in [6.07, 6.45) is -0.0379. The first kappa shape index (κ1) is 29.6. The summed E-state index contributed by atoms with van der Waals surface area (Å²) < 4.78 is 45.2. The molecule has 1 saturated carbocycles. The molecule has 0 aromatic heterocycles. The van der Waals surface area contributed by atoms with Crippen molar-refractivity contribution in [2.45, 2.75) is 75.4 Å². The van der Waals surface area contributed by atoms with Crippen LogP contribution in [0.5, 0.6) is 0 Å². The second-order valence-electron chi connectivity index (χ2n) is 10.9. The van der Waals surface area contributed by atoms with Gasteiger partial charge in [0.15, 0.2) is 0 Å². The molecule has 0 bridgehead atoms. The lowest BCUT2D eigenvalue weighted by Crippen LogP contribution is -2.43. The van der Waals surface area contributed by atoms with Crippen LogP contribution < -0.4 is 0 Å². The maximum Gasteiger partial charge on any atom is 0.306 e. The fourth-order valence-corrected chi connectivity index (χ4v) is 6.86. The predicted octanol–water partition coefficient (Wildman–Crippen LogP) is 2.88. The topological polar surface area (TPSA) is 123 Å². The van der Waals surface area contributed by atoms with Gasteiger partial charge in [0.2, 0.25) is 10.0 Å². The third kappa shape index (κ3) is 7.87. The van der Waals surface area contributed by atoms with Crippen LogP contribution in [-0.2, 0) is 42.1 Å². The monoisotopic (exact) mass is 561 g/mol. The highest BCUT2D eigenvalue weighted by Crippen LogP contribution is 2.32. The number of hydrogen-bond acceptors (Lipinski definition) is 8. The molecule has 1 aliphatic heterocycles. The van der Waals surface area contributed by atoms with E-state index in [1.165, 1.54) is 16.4 Å². The molecule has 0 radical (unpaired) electrons. The molecule has 4 rings (SSSR count). The standard InChI is InChI=1S/C29H39NO8S/c1-20(2)16-30(39(34,35)25-10-8-22(18-31)9-11-25)17-26(32)23(12-21-6-4-3-5-7-21)13-29(33)38-24-14-27-28(15-24)37-19-36-27/h3-11,20,23-24,26-28,31-32H,12-19H2,1-2H3/t23-,24?,26-,27-,28?/m1/s1. The summed E-state index contributed by atoms with van der Waals surface area (Å²) in [5.74, 6) is -0.986. The maximum absolute atomic E-state index is 13.6.